The lowest BCUT2D eigenvalue weighted by atomic mass is 9.85. The zero-order valence-corrected chi connectivity index (χ0v) is 17.7. The number of carboxylic acids is 1. The SMILES string of the molecule is CC[C@@H]1CCc2c(sc(NC(=O)COCC(=O)O)c2C(=O)NCc2ccccc2)C1. The number of nitrogens with one attached hydrogen (secondary N) is 2. The summed E-state index contributed by atoms with van der Waals surface area (Å²) in [6.07, 6.45) is 3.82. The number of thiophene rings is 1. The first-order chi connectivity index (χ1) is 14.5. The first-order valence-electron chi connectivity index (χ1n) is 10.0. The molecule has 2 amide bonds. The van der Waals surface area contributed by atoms with Gasteiger partial charge in [-0.2, -0.15) is 0 Å². The molecule has 3 N–H and O–H groups in total. The standard InChI is InChI=1S/C22H26N2O5S/c1-2-14-8-9-16-17(10-14)30-22(24-18(25)12-29-13-19(26)27)20(16)21(28)23-11-15-6-4-3-5-7-15/h3-7,14H,2,8-13H2,1H3,(H,23,28)(H,24,25)(H,26,27)/t14-/m1/s1. The molecule has 0 radical (unpaired) electrons. The molecule has 160 valence electrons. The highest BCUT2D eigenvalue weighted by Crippen LogP contribution is 2.40. The molecule has 0 spiro atoms. The van der Waals surface area contributed by atoms with Crippen molar-refractivity contribution in [2.45, 2.75) is 39.2 Å². The van der Waals surface area contributed by atoms with Crippen LogP contribution in [-0.4, -0.2) is 36.1 Å². The van der Waals surface area contributed by atoms with Crippen LogP contribution < -0.4 is 10.6 Å². The quantitative estimate of drug-likeness (QED) is 0.567. The Hall–Kier alpha value is -2.71. The van der Waals surface area contributed by atoms with E-state index in [1.165, 1.54) is 11.3 Å². The summed E-state index contributed by atoms with van der Waals surface area (Å²) in [5.41, 5.74) is 2.53. The van der Waals surface area contributed by atoms with Crippen LogP contribution in [0.1, 0.15) is 46.1 Å². The lowest BCUT2D eigenvalue weighted by molar-refractivity contribution is -0.143. The maximum atomic E-state index is 13.0. The molecule has 1 heterocycles. The van der Waals surface area contributed by atoms with E-state index < -0.39 is 18.5 Å². The average molecular weight is 431 g/mol. The van der Waals surface area contributed by atoms with Gasteiger partial charge < -0.3 is 20.5 Å². The second-order valence-electron chi connectivity index (χ2n) is 7.33. The molecule has 2 aromatic rings. The Balaban J connectivity index is 1.77. The Kier molecular flexibility index (Phi) is 7.59. The van der Waals surface area contributed by atoms with Gasteiger partial charge in [-0.25, -0.2) is 4.79 Å². The Morgan fingerprint density at radius 1 is 1.20 bits per heavy atom. The van der Waals surface area contributed by atoms with Crippen molar-refractivity contribution in [3.05, 3.63) is 51.9 Å². The molecular weight excluding hydrogens is 404 g/mol. The molecule has 0 aliphatic heterocycles. The van der Waals surface area contributed by atoms with E-state index in [2.05, 4.69) is 17.6 Å². The summed E-state index contributed by atoms with van der Waals surface area (Å²) in [5.74, 6) is -1.24. The molecule has 0 saturated heterocycles. The number of carbonyl (C=O) groups is 3. The molecule has 1 atom stereocenters. The van der Waals surface area contributed by atoms with Crippen molar-refractivity contribution in [2.24, 2.45) is 5.92 Å². The molecule has 30 heavy (non-hydrogen) atoms. The molecule has 0 unspecified atom stereocenters. The van der Waals surface area contributed by atoms with Gasteiger partial charge in [0.15, 0.2) is 0 Å². The summed E-state index contributed by atoms with van der Waals surface area (Å²) in [7, 11) is 0. The molecule has 0 saturated carbocycles. The maximum absolute atomic E-state index is 13.0. The molecule has 1 aromatic carbocycles. The third-order valence-corrected chi connectivity index (χ3v) is 6.35. The van der Waals surface area contributed by atoms with Gasteiger partial charge in [-0.3, -0.25) is 9.59 Å². The van der Waals surface area contributed by atoms with E-state index in [9.17, 15) is 14.4 Å². The summed E-state index contributed by atoms with van der Waals surface area (Å²) in [6.45, 7) is 1.64. The Morgan fingerprint density at radius 2 is 1.97 bits per heavy atom. The Morgan fingerprint density at radius 3 is 2.67 bits per heavy atom. The summed E-state index contributed by atoms with van der Waals surface area (Å²) in [5, 5.41) is 14.9. The fraction of sp³-hybridized carbons (Fsp3) is 0.409. The average Bonchev–Trinajstić information content (AvgIpc) is 3.09. The van der Waals surface area contributed by atoms with Crippen molar-refractivity contribution in [3.63, 3.8) is 0 Å². The first kappa shape index (κ1) is 22.0. The van der Waals surface area contributed by atoms with Gasteiger partial charge in [-0.1, -0.05) is 43.7 Å². The van der Waals surface area contributed by atoms with Crippen molar-refractivity contribution < 1.29 is 24.2 Å². The number of fused-ring (bicyclic) bond motifs is 1. The number of anilines is 1. The van der Waals surface area contributed by atoms with Gasteiger partial charge in [0.05, 0.1) is 5.56 Å². The van der Waals surface area contributed by atoms with Crippen LogP contribution in [0.5, 0.6) is 0 Å². The van der Waals surface area contributed by atoms with Crippen molar-refractivity contribution in [1.29, 1.82) is 0 Å². The topological polar surface area (TPSA) is 105 Å². The number of amides is 2. The fourth-order valence-electron chi connectivity index (χ4n) is 3.59. The minimum absolute atomic E-state index is 0.215. The van der Waals surface area contributed by atoms with Gasteiger partial charge in [0.25, 0.3) is 11.8 Å². The summed E-state index contributed by atoms with van der Waals surface area (Å²) >= 11 is 1.43. The number of rotatable bonds is 9. The van der Waals surface area contributed by atoms with Crippen LogP contribution in [0.2, 0.25) is 0 Å². The molecule has 0 fully saturated rings. The zero-order valence-electron chi connectivity index (χ0n) is 16.9. The molecule has 1 aromatic heterocycles. The molecular formula is C22H26N2O5S. The van der Waals surface area contributed by atoms with Crippen molar-refractivity contribution in [2.75, 3.05) is 18.5 Å². The Labute approximate surface area is 179 Å². The molecule has 0 bridgehead atoms. The zero-order chi connectivity index (χ0) is 21.5. The van der Waals surface area contributed by atoms with Crippen LogP contribution in [0.25, 0.3) is 0 Å². The second-order valence-corrected chi connectivity index (χ2v) is 8.43. The van der Waals surface area contributed by atoms with E-state index in [4.69, 9.17) is 9.84 Å². The van der Waals surface area contributed by atoms with E-state index in [1.54, 1.807) is 0 Å². The summed E-state index contributed by atoms with van der Waals surface area (Å²) < 4.78 is 4.86. The number of ether oxygens (including phenoxy) is 1. The van der Waals surface area contributed by atoms with Crippen molar-refractivity contribution >= 4 is 34.1 Å². The number of benzene rings is 1. The number of aliphatic carboxylic acids is 1. The monoisotopic (exact) mass is 430 g/mol. The normalized spacial score (nSPS) is 15.3. The van der Waals surface area contributed by atoms with E-state index in [0.29, 0.717) is 23.0 Å². The van der Waals surface area contributed by atoms with E-state index in [1.807, 2.05) is 30.3 Å². The fourth-order valence-corrected chi connectivity index (χ4v) is 4.97. The minimum Gasteiger partial charge on any atom is -0.480 e. The Bertz CT molecular complexity index is 910. The molecule has 7 nitrogen and oxygen atoms in total. The number of hydrogen-bond acceptors (Lipinski definition) is 5. The van der Waals surface area contributed by atoms with E-state index >= 15 is 0 Å². The van der Waals surface area contributed by atoms with Gasteiger partial charge in [-0.05, 0) is 36.3 Å². The number of carbonyl (C=O) groups excluding carboxylic acids is 2. The van der Waals surface area contributed by atoms with Crippen LogP contribution in [0, 0.1) is 5.92 Å². The van der Waals surface area contributed by atoms with Gasteiger partial charge in [0, 0.05) is 11.4 Å². The second kappa shape index (κ2) is 10.4. The van der Waals surface area contributed by atoms with Gasteiger partial charge in [0.1, 0.15) is 18.2 Å². The maximum Gasteiger partial charge on any atom is 0.329 e. The smallest absolute Gasteiger partial charge is 0.329 e. The highest BCUT2D eigenvalue weighted by atomic mass is 32.1. The molecule has 1 aliphatic carbocycles. The number of hydrogen-bond donors (Lipinski definition) is 3. The highest BCUT2D eigenvalue weighted by Gasteiger charge is 2.29. The predicted molar refractivity (Wildman–Crippen MR) is 115 cm³/mol. The summed E-state index contributed by atoms with van der Waals surface area (Å²) in [6, 6.07) is 9.64. The van der Waals surface area contributed by atoms with E-state index in [-0.39, 0.29) is 12.5 Å². The van der Waals surface area contributed by atoms with Crippen molar-refractivity contribution in [3.8, 4) is 0 Å². The first-order valence-corrected chi connectivity index (χ1v) is 10.9. The molecule has 1 aliphatic rings. The van der Waals surface area contributed by atoms with Crippen molar-refractivity contribution in [1.82, 2.24) is 5.32 Å². The summed E-state index contributed by atoms with van der Waals surface area (Å²) in [4.78, 5) is 37.0. The van der Waals surface area contributed by atoms with Gasteiger partial charge in [-0.15, -0.1) is 11.3 Å². The third kappa shape index (κ3) is 5.67. The third-order valence-electron chi connectivity index (χ3n) is 5.18. The van der Waals surface area contributed by atoms with Gasteiger partial charge >= 0.3 is 5.97 Å². The highest BCUT2D eigenvalue weighted by molar-refractivity contribution is 7.17. The predicted octanol–water partition coefficient (Wildman–Crippen LogP) is 3.23. The molecule has 3 rings (SSSR count). The number of carboxylic acid groups (broad SMARTS) is 1. The van der Waals surface area contributed by atoms with Crippen LogP contribution >= 0.6 is 11.3 Å². The van der Waals surface area contributed by atoms with Crippen LogP contribution in [-0.2, 0) is 33.7 Å². The lowest BCUT2D eigenvalue weighted by Gasteiger charge is -2.21. The molecule has 8 heteroatoms. The van der Waals surface area contributed by atoms with Crippen LogP contribution in [0.4, 0.5) is 5.00 Å². The van der Waals surface area contributed by atoms with Crippen LogP contribution in [0.15, 0.2) is 30.3 Å². The lowest BCUT2D eigenvalue weighted by Crippen LogP contribution is -2.27. The van der Waals surface area contributed by atoms with Crippen LogP contribution in [0.3, 0.4) is 0 Å². The minimum atomic E-state index is -1.14. The van der Waals surface area contributed by atoms with Gasteiger partial charge in [0.2, 0.25) is 0 Å². The largest absolute Gasteiger partial charge is 0.480 e. The van der Waals surface area contributed by atoms with E-state index in [0.717, 1.165) is 41.7 Å².